The van der Waals surface area contributed by atoms with E-state index in [4.69, 9.17) is 0 Å². The van der Waals surface area contributed by atoms with Gasteiger partial charge in [0.2, 0.25) is 5.91 Å². The number of carbonyl (C=O) groups is 2. The molecule has 4 nitrogen and oxygen atoms in total. The van der Waals surface area contributed by atoms with E-state index >= 15 is 0 Å². The Balaban J connectivity index is 1.64. The van der Waals surface area contributed by atoms with E-state index in [1.165, 1.54) is 16.9 Å². The third-order valence-corrected chi connectivity index (χ3v) is 5.23. The Bertz CT molecular complexity index is 945. The molecule has 2 amide bonds. The summed E-state index contributed by atoms with van der Waals surface area (Å²) in [4.78, 5) is 25.4. The predicted molar refractivity (Wildman–Crippen MR) is 111 cm³/mol. The molecule has 0 fully saturated rings. The van der Waals surface area contributed by atoms with Crippen LogP contribution in [-0.4, -0.2) is 18.4 Å². The molecule has 0 saturated carbocycles. The van der Waals surface area contributed by atoms with Gasteiger partial charge in [-0.2, -0.15) is 0 Å². The Morgan fingerprint density at radius 3 is 2.48 bits per heavy atom. The van der Waals surface area contributed by atoms with E-state index in [2.05, 4.69) is 10.6 Å². The highest BCUT2D eigenvalue weighted by molar-refractivity contribution is 7.12. The fourth-order valence-corrected chi connectivity index (χ4v) is 3.66. The monoisotopic (exact) mass is 378 g/mol. The van der Waals surface area contributed by atoms with Gasteiger partial charge in [0.25, 0.3) is 5.91 Å². The lowest BCUT2D eigenvalue weighted by molar-refractivity contribution is -0.115. The first kappa shape index (κ1) is 18.9. The van der Waals surface area contributed by atoms with E-state index in [1.807, 2.05) is 73.8 Å². The molecule has 0 aliphatic heterocycles. The summed E-state index contributed by atoms with van der Waals surface area (Å²) in [6, 6.07) is 17.7. The third kappa shape index (κ3) is 4.63. The van der Waals surface area contributed by atoms with E-state index in [1.54, 1.807) is 0 Å². The number of anilines is 1. The summed E-state index contributed by atoms with van der Waals surface area (Å²) in [6.45, 7) is 4.00. The molecule has 1 heterocycles. The molecule has 0 unspecified atom stereocenters. The highest BCUT2D eigenvalue weighted by atomic mass is 32.1. The van der Waals surface area contributed by atoms with Crippen molar-refractivity contribution in [3.8, 4) is 11.1 Å². The molecule has 2 N–H and O–H groups in total. The first-order chi connectivity index (χ1) is 13.1. The quantitative estimate of drug-likeness (QED) is 0.656. The number of para-hydroxylation sites is 1. The molecule has 0 atom stereocenters. The Hall–Kier alpha value is -2.92. The SMILES string of the molecule is CCc1ccccc1NC(=O)CNC(=O)c1sccc1-c1ccc(C)cc1. The van der Waals surface area contributed by atoms with Gasteiger partial charge in [0.1, 0.15) is 0 Å². The third-order valence-electron chi connectivity index (χ3n) is 4.32. The van der Waals surface area contributed by atoms with E-state index in [0.29, 0.717) is 4.88 Å². The fraction of sp³-hybridized carbons (Fsp3) is 0.182. The predicted octanol–water partition coefficient (Wildman–Crippen LogP) is 4.65. The van der Waals surface area contributed by atoms with E-state index in [-0.39, 0.29) is 18.4 Å². The molecule has 0 spiro atoms. The molecule has 0 saturated heterocycles. The lowest BCUT2D eigenvalue weighted by atomic mass is 10.0. The molecule has 1 aromatic heterocycles. The number of thiophene rings is 1. The normalized spacial score (nSPS) is 10.4. The second-order valence-corrected chi connectivity index (χ2v) is 7.19. The maximum atomic E-state index is 12.6. The van der Waals surface area contributed by atoms with Crippen molar-refractivity contribution in [3.05, 3.63) is 76.0 Å². The Labute approximate surface area is 163 Å². The highest BCUT2D eigenvalue weighted by Crippen LogP contribution is 2.28. The first-order valence-electron chi connectivity index (χ1n) is 8.89. The van der Waals surface area contributed by atoms with E-state index < -0.39 is 0 Å². The molecular formula is C22H22N2O2S. The van der Waals surface area contributed by atoms with Crippen LogP contribution in [0.5, 0.6) is 0 Å². The molecule has 3 aromatic rings. The summed E-state index contributed by atoms with van der Waals surface area (Å²) in [7, 11) is 0. The van der Waals surface area contributed by atoms with Crippen LogP contribution in [0.1, 0.15) is 27.7 Å². The number of nitrogens with one attached hydrogen (secondary N) is 2. The van der Waals surface area contributed by atoms with Gasteiger partial charge >= 0.3 is 0 Å². The summed E-state index contributed by atoms with van der Waals surface area (Å²) < 4.78 is 0. The first-order valence-corrected chi connectivity index (χ1v) is 9.77. The Morgan fingerprint density at radius 2 is 1.74 bits per heavy atom. The lowest BCUT2D eigenvalue weighted by Crippen LogP contribution is -2.32. The number of hydrogen-bond acceptors (Lipinski definition) is 3. The van der Waals surface area contributed by atoms with Crippen molar-refractivity contribution in [2.45, 2.75) is 20.3 Å². The number of hydrogen-bond donors (Lipinski definition) is 2. The van der Waals surface area contributed by atoms with Gasteiger partial charge in [-0.3, -0.25) is 9.59 Å². The van der Waals surface area contributed by atoms with Crippen LogP contribution in [0.15, 0.2) is 60.0 Å². The van der Waals surface area contributed by atoms with Gasteiger partial charge in [0.05, 0.1) is 11.4 Å². The Morgan fingerprint density at radius 1 is 1.00 bits per heavy atom. The number of amides is 2. The van der Waals surface area contributed by atoms with Gasteiger partial charge in [-0.05, 0) is 42.0 Å². The van der Waals surface area contributed by atoms with Crippen LogP contribution >= 0.6 is 11.3 Å². The minimum absolute atomic E-state index is 0.0673. The molecule has 3 rings (SSSR count). The van der Waals surface area contributed by atoms with Crippen LogP contribution in [0.4, 0.5) is 5.69 Å². The molecule has 0 aliphatic rings. The minimum atomic E-state index is -0.238. The molecule has 0 aliphatic carbocycles. The maximum absolute atomic E-state index is 12.6. The lowest BCUT2D eigenvalue weighted by Gasteiger charge is -2.10. The zero-order valence-electron chi connectivity index (χ0n) is 15.4. The van der Waals surface area contributed by atoms with Gasteiger partial charge in [-0.1, -0.05) is 55.0 Å². The van der Waals surface area contributed by atoms with Crippen molar-refractivity contribution in [1.82, 2.24) is 5.32 Å². The van der Waals surface area contributed by atoms with Gasteiger partial charge < -0.3 is 10.6 Å². The van der Waals surface area contributed by atoms with Gasteiger partial charge in [-0.15, -0.1) is 11.3 Å². The van der Waals surface area contributed by atoms with Crippen LogP contribution < -0.4 is 10.6 Å². The fourth-order valence-electron chi connectivity index (χ4n) is 2.83. The molecule has 2 aromatic carbocycles. The number of carbonyl (C=O) groups excluding carboxylic acids is 2. The summed E-state index contributed by atoms with van der Waals surface area (Å²) in [5.74, 6) is -0.475. The highest BCUT2D eigenvalue weighted by Gasteiger charge is 2.15. The van der Waals surface area contributed by atoms with Crippen molar-refractivity contribution in [1.29, 1.82) is 0 Å². The van der Waals surface area contributed by atoms with E-state index in [9.17, 15) is 9.59 Å². The number of rotatable bonds is 6. The number of benzene rings is 2. The number of aryl methyl sites for hydroxylation is 2. The largest absolute Gasteiger partial charge is 0.342 e. The van der Waals surface area contributed by atoms with Crippen LogP contribution in [-0.2, 0) is 11.2 Å². The van der Waals surface area contributed by atoms with Crippen LogP contribution in [0.3, 0.4) is 0 Å². The average Bonchev–Trinajstić information content (AvgIpc) is 3.17. The molecule has 0 radical (unpaired) electrons. The maximum Gasteiger partial charge on any atom is 0.262 e. The summed E-state index contributed by atoms with van der Waals surface area (Å²) >= 11 is 1.37. The summed E-state index contributed by atoms with van der Waals surface area (Å²) in [5, 5.41) is 7.48. The van der Waals surface area contributed by atoms with Crippen LogP contribution in [0.2, 0.25) is 0 Å². The smallest absolute Gasteiger partial charge is 0.262 e. The van der Waals surface area contributed by atoms with Gasteiger partial charge in [0.15, 0.2) is 0 Å². The topological polar surface area (TPSA) is 58.2 Å². The Kier molecular flexibility index (Phi) is 6.04. The molecule has 27 heavy (non-hydrogen) atoms. The van der Waals surface area contributed by atoms with Crippen molar-refractivity contribution < 1.29 is 9.59 Å². The zero-order valence-corrected chi connectivity index (χ0v) is 16.2. The average molecular weight is 378 g/mol. The summed E-state index contributed by atoms with van der Waals surface area (Å²) in [6.07, 6.45) is 0.831. The van der Waals surface area contributed by atoms with Crippen molar-refractivity contribution >= 4 is 28.8 Å². The zero-order chi connectivity index (χ0) is 19.2. The van der Waals surface area contributed by atoms with Crippen molar-refractivity contribution in [3.63, 3.8) is 0 Å². The standard InChI is InChI=1S/C22H22N2O2S/c1-3-16-6-4-5-7-19(16)24-20(25)14-23-22(26)21-18(12-13-27-21)17-10-8-15(2)9-11-17/h4-13H,3,14H2,1-2H3,(H,23,26)(H,24,25). The van der Waals surface area contributed by atoms with Crippen molar-refractivity contribution in [2.24, 2.45) is 0 Å². The molecule has 5 heteroatoms. The van der Waals surface area contributed by atoms with Crippen LogP contribution in [0.25, 0.3) is 11.1 Å². The van der Waals surface area contributed by atoms with Crippen LogP contribution in [0, 0.1) is 6.92 Å². The van der Waals surface area contributed by atoms with Crippen molar-refractivity contribution in [2.75, 3.05) is 11.9 Å². The second-order valence-electron chi connectivity index (χ2n) is 6.27. The second kappa shape index (κ2) is 8.64. The molecular weight excluding hydrogens is 356 g/mol. The van der Waals surface area contributed by atoms with E-state index in [0.717, 1.165) is 28.8 Å². The molecule has 0 bridgehead atoms. The summed E-state index contributed by atoms with van der Waals surface area (Å²) in [5.41, 5.74) is 4.90. The van der Waals surface area contributed by atoms with Gasteiger partial charge in [0, 0.05) is 11.3 Å². The molecule has 138 valence electrons. The van der Waals surface area contributed by atoms with Gasteiger partial charge in [-0.25, -0.2) is 0 Å². The minimum Gasteiger partial charge on any atom is -0.342 e.